The van der Waals surface area contributed by atoms with Crippen LogP contribution in [0.4, 0.5) is 5.69 Å². The fourth-order valence-electron chi connectivity index (χ4n) is 1.73. The molecule has 1 aliphatic rings. The number of carbonyl (C=O) groups is 1. The number of benzene rings is 1. The van der Waals surface area contributed by atoms with Crippen LogP contribution in [0, 0.1) is 6.92 Å². The summed E-state index contributed by atoms with van der Waals surface area (Å²) >= 11 is 3.47. The SMILES string of the molecule is Cc1ccc(Br)c(N2CCCC2=O)c1. The topological polar surface area (TPSA) is 20.3 Å². The molecule has 0 saturated carbocycles. The van der Waals surface area contributed by atoms with Crippen molar-refractivity contribution in [3.8, 4) is 0 Å². The summed E-state index contributed by atoms with van der Waals surface area (Å²) in [5, 5.41) is 0. The molecule has 1 heterocycles. The van der Waals surface area contributed by atoms with Crippen LogP contribution >= 0.6 is 15.9 Å². The van der Waals surface area contributed by atoms with E-state index < -0.39 is 0 Å². The minimum atomic E-state index is 0.233. The van der Waals surface area contributed by atoms with Crippen LogP contribution < -0.4 is 4.90 Å². The van der Waals surface area contributed by atoms with Crippen LogP contribution in [-0.4, -0.2) is 12.5 Å². The van der Waals surface area contributed by atoms with Gasteiger partial charge in [-0.05, 0) is 47.0 Å². The second-order valence-corrected chi connectivity index (χ2v) is 4.46. The molecule has 0 N–H and O–H groups in total. The molecule has 1 aromatic carbocycles. The lowest BCUT2D eigenvalue weighted by molar-refractivity contribution is -0.117. The Morgan fingerprint density at radius 2 is 2.21 bits per heavy atom. The summed E-state index contributed by atoms with van der Waals surface area (Å²) in [6.07, 6.45) is 1.65. The van der Waals surface area contributed by atoms with Crippen molar-refractivity contribution in [2.24, 2.45) is 0 Å². The van der Waals surface area contributed by atoms with E-state index in [1.807, 2.05) is 30.0 Å². The summed E-state index contributed by atoms with van der Waals surface area (Å²) < 4.78 is 0.998. The number of anilines is 1. The lowest BCUT2D eigenvalue weighted by Gasteiger charge is -2.17. The van der Waals surface area contributed by atoms with Crippen LogP contribution in [0.2, 0.25) is 0 Å². The molecule has 1 aromatic rings. The third kappa shape index (κ3) is 1.69. The largest absolute Gasteiger partial charge is 0.311 e. The van der Waals surface area contributed by atoms with Crippen molar-refractivity contribution in [1.29, 1.82) is 0 Å². The molecule has 1 fully saturated rings. The molecule has 14 heavy (non-hydrogen) atoms. The van der Waals surface area contributed by atoms with Gasteiger partial charge in [-0.15, -0.1) is 0 Å². The number of amides is 1. The summed E-state index contributed by atoms with van der Waals surface area (Å²) in [6, 6.07) is 6.08. The normalized spacial score (nSPS) is 16.4. The fourth-order valence-corrected chi connectivity index (χ4v) is 2.19. The minimum Gasteiger partial charge on any atom is -0.311 e. The Bertz CT molecular complexity index is 376. The van der Waals surface area contributed by atoms with Gasteiger partial charge < -0.3 is 4.90 Å². The first kappa shape index (κ1) is 9.71. The lowest BCUT2D eigenvalue weighted by atomic mass is 10.2. The van der Waals surface area contributed by atoms with Gasteiger partial charge >= 0.3 is 0 Å². The molecular formula is C11H12BrNO. The Hall–Kier alpha value is -0.830. The third-order valence-corrected chi connectivity index (χ3v) is 3.14. The molecule has 0 atom stereocenters. The highest BCUT2D eigenvalue weighted by molar-refractivity contribution is 9.10. The predicted molar refractivity (Wildman–Crippen MR) is 60.5 cm³/mol. The summed E-state index contributed by atoms with van der Waals surface area (Å²) in [5.74, 6) is 0.233. The molecule has 1 aliphatic heterocycles. The van der Waals surface area contributed by atoms with Gasteiger partial charge in [-0.1, -0.05) is 6.07 Å². The molecular weight excluding hydrogens is 242 g/mol. The van der Waals surface area contributed by atoms with E-state index in [0.717, 1.165) is 23.1 Å². The number of aryl methyl sites for hydroxylation is 1. The fraction of sp³-hybridized carbons (Fsp3) is 0.364. The van der Waals surface area contributed by atoms with Gasteiger partial charge in [0.1, 0.15) is 0 Å². The van der Waals surface area contributed by atoms with Crippen molar-refractivity contribution >= 4 is 27.5 Å². The number of carbonyl (C=O) groups excluding carboxylic acids is 1. The van der Waals surface area contributed by atoms with Gasteiger partial charge in [-0.3, -0.25) is 4.79 Å². The Labute approximate surface area is 92.0 Å². The highest BCUT2D eigenvalue weighted by atomic mass is 79.9. The quantitative estimate of drug-likeness (QED) is 0.754. The third-order valence-electron chi connectivity index (χ3n) is 2.47. The Kier molecular flexibility index (Phi) is 2.59. The monoisotopic (exact) mass is 253 g/mol. The Morgan fingerprint density at radius 3 is 2.86 bits per heavy atom. The molecule has 2 nitrogen and oxygen atoms in total. The molecule has 2 rings (SSSR count). The maximum absolute atomic E-state index is 11.5. The first-order valence-electron chi connectivity index (χ1n) is 4.75. The lowest BCUT2D eigenvalue weighted by Crippen LogP contribution is -2.24. The summed E-state index contributed by atoms with van der Waals surface area (Å²) in [7, 11) is 0. The average molecular weight is 254 g/mol. The van der Waals surface area contributed by atoms with E-state index in [0.29, 0.717) is 6.42 Å². The van der Waals surface area contributed by atoms with Gasteiger partial charge in [0.2, 0.25) is 5.91 Å². The minimum absolute atomic E-state index is 0.233. The van der Waals surface area contributed by atoms with E-state index in [2.05, 4.69) is 15.9 Å². The standard InChI is InChI=1S/C11H12BrNO/c1-8-4-5-9(12)10(7-8)13-6-2-3-11(13)14/h4-5,7H,2-3,6H2,1H3. The van der Waals surface area contributed by atoms with Crippen molar-refractivity contribution in [1.82, 2.24) is 0 Å². The predicted octanol–water partition coefficient (Wildman–Crippen LogP) is 2.88. The first-order chi connectivity index (χ1) is 6.68. The molecule has 1 saturated heterocycles. The number of rotatable bonds is 1. The number of hydrogen-bond donors (Lipinski definition) is 0. The molecule has 1 amide bonds. The van der Waals surface area contributed by atoms with Crippen LogP contribution in [0.25, 0.3) is 0 Å². The van der Waals surface area contributed by atoms with E-state index >= 15 is 0 Å². The maximum Gasteiger partial charge on any atom is 0.227 e. The molecule has 0 aliphatic carbocycles. The second-order valence-electron chi connectivity index (χ2n) is 3.60. The van der Waals surface area contributed by atoms with Gasteiger partial charge in [0.25, 0.3) is 0 Å². The molecule has 0 unspecified atom stereocenters. The summed E-state index contributed by atoms with van der Waals surface area (Å²) in [6.45, 7) is 2.89. The molecule has 0 aromatic heterocycles. The zero-order valence-electron chi connectivity index (χ0n) is 8.09. The summed E-state index contributed by atoms with van der Waals surface area (Å²) in [4.78, 5) is 13.4. The van der Waals surface area contributed by atoms with E-state index in [-0.39, 0.29) is 5.91 Å². The van der Waals surface area contributed by atoms with Gasteiger partial charge in [0.15, 0.2) is 0 Å². The summed E-state index contributed by atoms with van der Waals surface area (Å²) in [5.41, 5.74) is 2.19. The molecule has 0 bridgehead atoms. The van der Waals surface area contributed by atoms with Crippen molar-refractivity contribution in [3.63, 3.8) is 0 Å². The highest BCUT2D eigenvalue weighted by Gasteiger charge is 2.23. The van der Waals surface area contributed by atoms with Crippen molar-refractivity contribution in [3.05, 3.63) is 28.2 Å². The number of halogens is 1. The van der Waals surface area contributed by atoms with Crippen LogP contribution in [-0.2, 0) is 4.79 Å². The Balaban J connectivity index is 2.39. The van der Waals surface area contributed by atoms with Crippen molar-refractivity contribution in [2.45, 2.75) is 19.8 Å². The molecule has 0 spiro atoms. The van der Waals surface area contributed by atoms with Crippen LogP contribution in [0.3, 0.4) is 0 Å². The highest BCUT2D eigenvalue weighted by Crippen LogP contribution is 2.30. The van der Waals surface area contributed by atoms with Gasteiger partial charge in [-0.2, -0.15) is 0 Å². The van der Waals surface area contributed by atoms with Crippen molar-refractivity contribution < 1.29 is 4.79 Å². The Morgan fingerprint density at radius 1 is 1.43 bits per heavy atom. The van der Waals surface area contributed by atoms with Gasteiger partial charge in [0.05, 0.1) is 5.69 Å². The smallest absolute Gasteiger partial charge is 0.227 e. The van der Waals surface area contributed by atoms with Crippen LogP contribution in [0.15, 0.2) is 22.7 Å². The zero-order valence-corrected chi connectivity index (χ0v) is 9.67. The molecule has 74 valence electrons. The second kappa shape index (κ2) is 3.73. The van der Waals surface area contributed by atoms with E-state index in [9.17, 15) is 4.79 Å². The maximum atomic E-state index is 11.5. The van der Waals surface area contributed by atoms with Gasteiger partial charge in [0, 0.05) is 17.4 Å². The van der Waals surface area contributed by atoms with E-state index in [4.69, 9.17) is 0 Å². The van der Waals surface area contributed by atoms with Crippen molar-refractivity contribution in [2.75, 3.05) is 11.4 Å². The van der Waals surface area contributed by atoms with E-state index in [1.165, 1.54) is 5.56 Å². The zero-order chi connectivity index (χ0) is 10.1. The average Bonchev–Trinajstić information content (AvgIpc) is 2.56. The van der Waals surface area contributed by atoms with Crippen LogP contribution in [0.1, 0.15) is 18.4 Å². The van der Waals surface area contributed by atoms with Gasteiger partial charge in [-0.25, -0.2) is 0 Å². The number of hydrogen-bond acceptors (Lipinski definition) is 1. The van der Waals surface area contributed by atoms with E-state index in [1.54, 1.807) is 0 Å². The molecule has 0 radical (unpaired) electrons. The first-order valence-corrected chi connectivity index (χ1v) is 5.54. The number of nitrogens with zero attached hydrogens (tertiary/aromatic N) is 1. The molecule has 3 heteroatoms. The van der Waals surface area contributed by atoms with Crippen LogP contribution in [0.5, 0.6) is 0 Å².